The molecule has 8 nitrogen and oxygen atoms in total. The summed E-state index contributed by atoms with van der Waals surface area (Å²) in [5.74, 6) is 0.928. The van der Waals surface area contributed by atoms with E-state index in [1.807, 2.05) is 36.5 Å². The van der Waals surface area contributed by atoms with Gasteiger partial charge in [-0.1, -0.05) is 0 Å². The molecule has 29 heavy (non-hydrogen) atoms. The standard InChI is InChI=1S/C21H27N7O/c1-14-17(15(2)24-20-19(14)16(3)25-26(20)4)6-7-18(29)27-10-12-28(13-11-27)21-22-8-5-9-23-21/h5,8-9H,6-7,10-13H2,1-4H3. The van der Waals surface area contributed by atoms with E-state index >= 15 is 0 Å². The molecule has 1 saturated heterocycles. The molecule has 4 rings (SSSR count). The van der Waals surface area contributed by atoms with Gasteiger partial charge in [0.05, 0.1) is 5.69 Å². The Balaban J connectivity index is 1.41. The van der Waals surface area contributed by atoms with Gasteiger partial charge in [-0.05, 0) is 44.4 Å². The quantitative estimate of drug-likeness (QED) is 0.674. The van der Waals surface area contributed by atoms with Crippen LogP contribution in [0.1, 0.15) is 28.9 Å². The fraction of sp³-hybridized carbons (Fsp3) is 0.476. The monoisotopic (exact) mass is 393 g/mol. The summed E-state index contributed by atoms with van der Waals surface area (Å²) in [6.45, 7) is 9.07. The van der Waals surface area contributed by atoms with Gasteiger partial charge in [-0.2, -0.15) is 5.10 Å². The zero-order valence-corrected chi connectivity index (χ0v) is 17.5. The SMILES string of the molecule is Cc1nc2c(c(C)nn2C)c(C)c1CCC(=O)N1CCN(c2ncccn2)CC1. The number of carbonyl (C=O) groups is 1. The van der Waals surface area contributed by atoms with Crippen molar-refractivity contribution in [3.63, 3.8) is 0 Å². The molecule has 3 aromatic rings. The first-order chi connectivity index (χ1) is 14.0. The molecule has 1 amide bonds. The molecule has 1 aliphatic rings. The lowest BCUT2D eigenvalue weighted by molar-refractivity contribution is -0.131. The average molecular weight is 393 g/mol. The average Bonchev–Trinajstić information content (AvgIpc) is 3.01. The van der Waals surface area contributed by atoms with Crippen molar-refractivity contribution in [3.05, 3.63) is 41.0 Å². The van der Waals surface area contributed by atoms with E-state index in [2.05, 4.69) is 26.9 Å². The third kappa shape index (κ3) is 3.66. The maximum Gasteiger partial charge on any atom is 0.225 e. The summed E-state index contributed by atoms with van der Waals surface area (Å²) >= 11 is 0. The van der Waals surface area contributed by atoms with Gasteiger partial charge in [0, 0.05) is 63.1 Å². The van der Waals surface area contributed by atoms with Gasteiger partial charge in [0.15, 0.2) is 5.65 Å². The van der Waals surface area contributed by atoms with Crippen molar-refractivity contribution in [1.82, 2.24) is 29.6 Å². The first-order valence-electron chi connectivity index (χ1n) is 10.0. The number of fused-ring (bicyclic) bond motifs is 1. The van der Waals surface area contributed by atoms with Crippen molar-refractivity contribution < 1.29 is 4.79 Å². The highest BCUT2D eigenvalue weighted by molar-refractivity contribution is 5.84. The third-order valence-corrected chi connectivity index (χ3v) is 5.79. The van der Waals surface area contributed by atoms with Gasteiger partial charge in [0.1, 0.15) is 0 Å². The van der Waals surface area contributed by atoms with Gasteiger partial charge in [-0.25, -0.2) is 15.0 Å². The molecule has 4 heterocycles. The number of hydrogen-bond donors (Lipinski definition) is 0. The summed E-state index contributed by atoms with van der Waals surface area (Å²) in [6.07, 6.45) is 4.70. The van der Waals surface area contributed by atoms with Crippen LogP contribution in [-0.2, 0) is 18.3 Å². The fourth-order valence-electron chi connectivity index (χ4n) is 4.23. The Labute approximate surface area is 170 Å². The zero-order chi connectivity index (χ0) is 20.5. The van der Waals surface area contributed by atoms with Crippen LogP contribution < -0.4 is 4.90 Å². The van der Waals surface area contributed by atoms with Crippen LogP contribution in [0.5, 0.6) is 0 Å². The van der Waals surface area contributed by atoms with Crippen LogP contribution >= 0.6 is 0 Å². The second kappa shape index (κ2) is 7.77. The van der Waals surface area contributed by atoms with Gasteiger partial charge in [-0.15, -0.1) is 0 Å². The number of aromatic nitrogens is 5. The first-order valence-corrected chi connectivity index (χ1v) is 10.0. The third-order valence-electron chi connectivity index (χ3n) is 5.79. The summed E-state index contributed by atoms with van der Waals surface area (Å²) in [7, 11) is 1.92. The topological polar surface area (TPSA) is 80.0 Å². The summed E-state index contributed by atoms with van der Waals surface area (Å²) in [6, 6.07) is 1.81. The molecule has 1 fully saturated rings. The van der Waals surface area contributed by atoms with E-state index in [4.69, 9.17) is 4.98 Å². The van der Waals surface area contributed by atoms with Crippen molar-refractivity contribution in [1.29, 1.82) is 0 Å². The van der Waals surface area contributed by atoms with Gasteiger partial charge in [-0.3, -0.25) is 9.48 Å². The lowest BCUT2D eigenvalue weighted by Crippen LogP contribution is -2.49. The van der Waals surface area contributed by atoms with Crippen molar-refractivity contribution in [2.75, 3.05) is 31.1 Å². The van der Waals surface area contributed by atoms with E-state index < -0.39 is 0 Å². The fourth-order valence-corrected chi connectivity index (χ4v) is 4.23. The minimum Gasteiger partial charge on any atom is -0.339 e. The molecule has 0 atom stereocenters. The highest BCUT2D eigenvalue weighted by atomic mass is 16.2. The van der Waals surface area contributed by atoms with Crippen LogP contribution in [0.25, 0.3) is 11.0 Å². The second-order valence-corrected chi connectivity index (χ2v) is 7.63. The normalized spacial score (nSPS) is 14.6. The molecule has 0 N–H and O–H groups in total. The number of pyridine rings is 1. The Morgan fingerprint density at radius 2 is 1.72 bits per heavy atom. The molecule has 152 valence electrons. The molecule has 0 unspecified atom stereocenters. The molecule has 3 aromatic heterocycles. The maximum absolute atomic E-state index is 12.8. The van der Waals surface area contributed by atoms with Crippen LogP contribution in [-0.4, -0.2) is 61.7 Å². The number of amides is 1. The Hall–Kier alpha value is -3.03. The maximum atomic E-state index is 12.8. The van der Waals surface area contributed by atoms with Crippen LogP contribution in [0.4, 0.5) is 5.95 Å². The van der Waals surface area contributed by atoms with E-state index in [1.165, 1.54) is 11.1 Å². The molecule has 1 aliphatic heterocycles. The smallest absolute Gasteiger partial charge is 0.225 e. The lowest BCUT2D eigenvalue weighted by Gasteiger charge is -2.34. The summed E-state index contributed by atoms with van der Waals surface area (Å²) in [5.41, 5.74) is 5.23. The van der Waals surface area contributed by atoms with Crippen molar-refractivity contribution in [3.8, 4) is 0 Å². The van der Waals surface area contributed by atoms with Crippen LogP contribution in [0.2, 0.25) is 0 Å². The summed E-state index contributed by atoms with van der Waals surface area (Å²) < 4.78 is 1.83. The first kappa shape index (κ1) is 19.3. The van der Waals surface area contributed by atoms with Crippen LogP contribution in [0, 0.1) is 20.8 Å². The number of nitrogens with zero attached hydrogens (tertiary/aromatic N) is 7. The summed E-state index contributed by atoms with van der Waals surface area (Å²) in [4.78, 5) is 30.2. The van der Waals surface area contributed by atoms with Crippen LogP contribution in [0.3, 0.4) is 0 Å². The minimum absolute atomic E-state index is 0.195. The minimum atomic E-state index is 0.195. The Kier molecular flexibility index (Phi) is 5.17. The molecule has 0 aromatic carbocycles. The van der Waals surface area contributed by atoms with E-state index in [-0.39, 0.29) is 5.91 Å². The van der Waals surface area contributed by atoms with E-state index in [1.54, 1.807) is 12.4 Å². The number of carbonyl (C=O) groups excluding carboxylic acids is 1. The highest BCUT2D eigenvalue weighted by Crippen LogP contribution is 2.26. The van der Waals surface area contributed by atoms with E-state index in [9.17, 15) is 4.79 Å². The molecule has 0 radical (unpaired) electrons. The Morgan fingerprint density at radius 3 is 2.41 bits per heavy atom. The number of piperazine rings is 1. The van der Waals surface area contributed by atoms with Crippen molar-refractivity contribution >= 4 is 22.9 Å². The highest BCUT2D eigenvalue weighted by Gasteiger charge is 2.23. The van der Waals surface area contributed by atoms with Gasteiger partial charge in [0.2, 0.25) is 11.9 Å². The largest absolute Gasteiger partial charge is 0.339 e. The van der Waals surface area contributed by atoms with Crippen molar-refractivity contribution in [2.45, 2.75) is 33.6 Å². The molecule has 8 heteroatoms. The lowest BCUT2D eigenvalue weighted by atomic mass is 9.99. The predicted molar refractivity (Wildman–Crippen MR) is 112 cm³/mol. The van der Waals surface area contributed by atoms with Gasteiger partial charge >= 0.3 is 0 Å². The second-order valence-electron chi connectivity index (χ2n) is 7.63. The molecular formula is C21H27N7O. The van der Waals surface area contributed by atoms with Crippen LogP contribution in [0.15, 0.2) is 18.5 Å². The van der Waals surface area contributed by atoms with E-state index in [0.717, 1.165) is 41.5 Å². The van der Waals surface area contributed by atoms with Crippen molar-refractivity contribution in [2.24, 2.45) is 7.05 Å². The van der Waals surface area contributed by atoms with E-state index in [0.29, 0.717) is 25.9 Å². The number of anilines is 1. The molecule has 0 spiro atoms. The number of hydrogen-bond acceptors (Lipinski definition) is 6. The zero-order valence-electron chi connectivity index (χ0n) is 17.5. The molecule has 0 aliphatic carbocycles. The molecular weight excluding hydrogens is 366 g/mol. The number of rotatable bonds is 4. The molecule has 0 saturated carbocycles. The molecule has 0 bridgehead atoms. The van der Waals surface area contributed by atoms with Gasteiger partial charge < -0.3 is 9.80 Å². The Morgan fingerprint density at radius 1 is 1.03 bits per heavy atom. The Bertz CT molecular complexity index is 1040. The van der Waals surface area contributed by atoms with Gasteiger partial charge in [0.25, 0.3) is 0 Å². The predicted octanol–water partition coefficient (Wildman–Crippen LogP) is 1.96. The summed E-state index contributed by atoms with van der Waals surface area (Å²) in [5, 5.41) is 5.61. The number of aryl methyl sites for hydroxylation is 4.